The maximum atomic E-state index is 11.1. The Morgan fingerprint density at radius 3 is 2.65 bits per heavy atom. The van der Waals surface area contributed by atoms with Crippen molar-refractivity contribution in [2.75, 3.05) is 7.11 Å². The average molecular weight is 356 g/mol. The van der Waals surface area contributed by atoms with E-state index in [1.54, 1.807) is 13.2 Å². The molecule has 1 aromatic heterocycles. The van der Waals surface area contributed by atoms with Gasteiger partial charge in [0.25, 0.3) is 0 Å². The van der Waals surface area contributed by atoms with E-state index >= 15 is 0 Å². The van der Waals surface area contributed by atoms with Gasteiger partial charge >= 0.3 is 5.97 Å². The number of hydrogen-bond donors (Lipinski definition) is 2. The van der Waals surface area contributed by atoms with Gasteiger partial charge in [0.15, 0.2) is 0 Å². The minimum atomic E-state index is -0.895. The van der Waals surface area contributed by atoms with Gasteiger partial charge in [-0.25, -0.2) is 4.79 Å². The number of benzene rings is 1. The van der Waals surface area contributed by atoms with Crippen LogP contribution in [0, 0.1) is 0 Å². The Balaban J connectivity index is 1.93. The number of carbonyl (C=O) groups is 1. The molecule has 6 heteroatoms. The van der Waals surface area contributed by atoms with Crippen molar-refractivity contribution in [3.05, 3.63) is 50.1 Å². The standard InChI is InChI=1S/C14H14BrNO3S/c1-19-10-4-2-9(3-5-10)7-16-8-12-11(14(17)18)6-13(15)20-12/h2-6,16H,7-8H2,1H3,(H,17,18). The number of carboxylic acid groups (broad SMARTS) is 1. The molecular weight excluding hydrogens is 342 g/mol. The Labute approximate surface area is 129 Å². The Kier molecular flexibility index (Phi) is 5.17. The Morgan fingerprint density at radius 2 is 2.05 bits per heavy atom. The molecule has 0 amide bonds. The molecule has 0 aliphatic carbocycles. The minimum Gasteiger partial charge on any atom is -0.497 e. The fourth-order valence-corrected chi connectivity index (χ4v) is 3.43. The summed E-state index contributed by atoms with van der Waals surface area (Å²) in [5.74, 6) is -0.0719. The molecule has 1 heterocycles. The van der Waals surface area contributed by atoms with Crippen molar-refractivity contribution < 1.29 is 14.6 Å². The molecule has 0 aliphatic rings. The molecule has 0 aliphatic heterocycles. The van der Waals surface area contributed by atoms with E-state index < -0.39 is 5.97 Å². The molecular formula is C14H14BrNO3S. The summed E-state index contributed by atoms with van der Waals surface area (Å²) in [7, 11) is 1.63. The topological polar surface area (TPSA) is 58.6 Å². The first kappa shape index (κ1) is 15.0. The largest absolute Gasteiger partial charge is 0.497 e. The lowest BCUT2D eigenvalue weighted by Gasteiger charge is -2.05. The van der Waals surface area contributed by atoms with Crippen molar-refractivity contribution in [2.45, 2.75) is 13.1 Å². The first-order chi connectivity index (χ1) is 9.60. The highest BCUT2D eigenvalue weighted by molar-refractivity contribution is 9.11. The SMILES string of the molecule is COc1ccc(CNCc2sc(Br)cc2C(=O)O)cc1. The zero-order valence-electron chi connectivity index (χ0n) is 10.9. The van der Waals surface area contributed by atoms with E-state index in [1.165, 1.54) is 11.3 Å². The van der Waals surface area contributed by atoms with Crippen LogP contribution in [0.5, 0.6) is 5.75 Å². The van der Waals surface area contributed by atoms with Gasteiger partial charge in [-0.3, -0.25) is 0 Å². The minimum absolute atomic E-state index is 0.351. The third kappa shape index (κ3) is 3.82. The van der Waals surface area contributed by atoms with Crippen molar-refractivity contribution in [1.29, 1.82) is 0 Å². The van der Waals surface area contributed by atoms with Gasteiger partial charge in [-0.1, -0.05) is 12.1 Å². The summed E-state index contributed by atoms with van der Waals surface area (Å²) < 4.78 is 5.93. The quantitative estimate of drug-likeness (QED) is 0.832. The number of thiophene rings is 1. The third-order valence-electron chi connectivity index (χ3n) is 2.78. The number of rotatable bonds is 6. The molecule has 0 saturated carbocycles. The Hall–Kier alpha value is -1.37. The second-order valence-corrected chi connectivity index (χ2v) is 6.66. The van der Waals surface area contributed by atoms with Crippen LogP contribution < -0.4 is 10.1 Å². The maximum Gasteiger partial charge on any atom is 0.336 e. The summed E-state index contributed by atoms with van der Waals surface area (Å²) in [6.07, 6.45) is 0. The van der Waals surface area contributed by atoms with Crippen LogP contribution in [0.2, 0.25) is 0 Å². The third-order valence-corrected chi connectivity index (χ3v) is 4.42. The predicted molar refractivity (Wildman–Crippen MR) is 82.5 cm³/mol. The molecule has 0 saturated heterocycles. The van der Waals surface area contributed by atoms with E-state index in [-0.39, 0.29) is 0 Å². The van der Waals surface area contributed by atoms with Crippen LogP contribution in [0.25, 0.3) is 0 Å². The molecule has 2 aromatic rings. The fraction of sp³-hybridized carbons (Fsp3) is 0.214. The zero-order chi connectivity index (χ0) is 14.5. The number of ether oxygens (including phenoxy) is 1. The maximum absolute atomic E-state index is 11.1. The molecule has 0 atom stereocenters. The number of nitrogens with one attached hydrogen (secondary N) is 1. The second-order valence-electron chi connectivity index (χ2n) is 4.14. The summed E-state index contributed by atoms with van der Waals surface area (Å²) in [5, 5.41) is 12.3. The van der Waals surface area contributed by atoms with Crippen LogP contribution in [0.3, 0.4) is 0 Å². The molecule has 1 aromatic carbocycles. The van der Waals surface area contributed by atoms with Crippen molar-refractivity contribution in [3.8, 4) is 5.75 Å². The van der Waals surface area contributed by atoms with E-state index in [9.17, 15) is 4.79 Å². The van der Waals surface area contributed by atoms with Gasteiger partial charge in [-0.2, -0.15) is 0 Å². The molecule has 2 N–H and O–H groups in total. The summed E-state index contributed by atoms with van der Waals surface area (Å²) in [5.41, 5.74) is 1.47. The van der Waals surface area contributed by atoms with Crippen molar-refractivity contribution in [2.24, 2.45) is 0 Å². The normalized spacial score (nSPS) is 10.5. The Morgan fingerprint density at radius 1 is 1.35 bits per heavy atom. The lowest BCUT2D eigenvalue weighted by Crippen LogP contribution is -2.13. The van der Waals surface area contributed by atoms with Gasteiger partial charge in [0, 0.05) is 18.0 Å². The molecule has 0 radical (unpaired) electrons. The molecule has 0 unspecified atom stereocenters. The first-order valence-corrected chi connectivity index (χ1v) is 7.56. The van der Waals surface area contributed by atoms with Crippen molar-refractivity contribution >= 4 is 33.2 Å². The lowest BCUT2D eigenvalue weighted by atomic mass is 10.2. The molecule has 0 bridgehead atoms. The van der Waals surface area contributed by atoms with E-state index in [4.69, 9.17) is 9.84 Å². The highest BCUT2D eigenvalue weighted by atomic mass is 79.9. The number of halogens is 1. The monoisotopic (exact) mass is 355 g/mol. The van der Waals surface area contributed by atoms with E-state index in [2.05, 4.69) is 21.2 Å². The second kappa shape index (κ2) is 6.88. The predicted octanol–water partition coefficient (Wildman–Crippen LogP) is 3.51. The van der Waals surface area contributed by atoms with Gasteiger partial charge in [0.1, 0.15) is 5.75 Å². The van der Waals surface area contributed by atoms with Crippen molar-refractivity contribution in [1.82, 2.24) is 5.32 Å². The summed E-state index contributed by atoms with van der Waals surface area (Å²) in [4.78, 5) is 11.9. The van der Waals surface area contributed by atoms with Crippen LogP contribution in [-0.2, 0) is 13.1 Å². The molecule has 106 valence electrons. The van der Waals surface area contributed by atoms with Gasteiger partial charge in [0.05, 0.1) is 16.5 Å². The number of hydrogen-bond acceptors (Lipinski definition) is 4. The van der Waals surface area contributed by atoms with Crippen molar-refractivity contribution in [3.63, 3.8) is 0 Å². The average Bonchev–Trinajstić information content (AvgIpc) is 2.81. The molecule has 20 heavy (non-hydrogen) atoms. The van der Waals surface area contributed by atoms with Crippen LogP contribution in [0.4, 0.5) is 0 Å². The highest BCUT2D eigenvalue weighted by Crippen LogP contribution is 2.27. The van der Waals surface area contributed by atoms with Gasteiger partial charge in [-0.15, -0.1) is 11.3 Å². The van der Waals surface area contributed by atoms with Gasteiger partial charge in [0.2, 0.25) is 0 Å². The van der Waals surface area contributed by atoms with E-state index in [1.807, 2.05) is 24.3 Å². The highest BCUT2D eigenvalue weighted by Gasteiger charge is 2.13. The lowest BCUT2D eigenvalue weighted by molar-refractivity contribution is 0.0696. The van der Waals surface area contributed by atoms with Gasteiger partial charge < -0.3 is 15.2 Å². The number of methoxy groups -OCH3 is 1. The molecule has 2 rings (SSSR count). The van der Waals surface area contributed by atoms with Crippen LogP contribution in [0.15, 0.2) is 34.1 Å². The van der Waals surface area contributed by atoms with E-state index in [0.29, 0.717) is 18.7 Å². The zero-order valence-corrected chi connectivity index (χ0v) is 13.3. The van der Waals surface area contributed by atoms with Crippen LogP contribution >= 0.6 is 27.3 Å². The summed E-state index contributed by atoms with van der Waals surface area (Å²) >= 11 is 4.75. The van der Waals surface area contributed by atoms with Gasteiger partial charge in [-0.05, 0) is 39.7 Å². The number of aromatic carboxylic acids is 1. The summed E-state index contributed by atoms with van der Waals surface area (Å²) in [6, 6.07) is 9.41. The molecule has 0 fully saturated rings. The fourth-order valence-electron chi connectivity index (χ4n) is 1.77. The smallest absolute Gasteiger partial charge is 0.336 e. The Bertz CT molecular complexity index is 595. The van der Waals surface area contributed by atoms with Crippen LogP contribution in [0.1, 0.15) is 20.8 Å². The number of carboxylic acids is 1. The first-order valence-electron chi connectivity index (χ1n) is 5.95. The molecule has 4 nitrogen and oxygen atoms in total. The molecule has 0 spiro atoms. The van der Waals surface area contributed by atoms with Crippen LogP contribution in [-0.4, -0.2) is 18.2 Å². The summed E-state index contributed by atoms with van der Waals surface area (Å²) in [6.45, 7) is 1.21. The van der Waals surface area contributed by atoms with E-state index in [0.717, 1.165) is 20.0 Å².